The van der Waals surface area contributed by atoms with Gasteiger partial charge in [-0.05, 0) is 39.0 Å². The largest absolute Gasteiger partial charge is 0.397 e. The van der Waals surface area contributed by atoms with Crippen LogP contribution in [0.25, 0.3) is 0 Å². The molecule has 1 amide bonds. The molecule has 0 aliphatic carbocycles. The second kappa shape index (κ2) is 7.21. The number of carbonyl (C=O) groups excluding carboxylic acids is 1. The maximum Gasteiger partial charge on any atom is 0.250 e. The van der Waals surface area contributed by atoms with E-state index < -0.39 is 11.7 Å². The summed E-state index contributed by atoms with van der Waals surface area (Å²) in [5, 5.41) is 2.49. The molecular weight excluding hydrogens is 263 g/mol. The lowest BCUT2D eigenvalue weighted by molar-refractivity contribution is -0.121. The Bertz CT molecular complexity index is 458. The molecule has 0 unspecified atom stereocenters. The number of nitrogen functional groups attached to an aromatic ring is 1. The summed E-state index contributed by atoms with van der Waals surface area (Å²) in [4.78, 5) is 11.6. The maximum atomic E-state index is 13.0. The van der Waals surface area contributed by atoms with E-state index in [1.54, 1.807) is 0 Å². The van der Waals surface area contributed by atoms with Gasteiger partial charge in [0.05, 0.1) is 30.2 Å². The van der Waals surface area contributed by atoms with Gasteiger partial charge in [-0.15, -0.1) is 0 Å². The zero-order valence-corrected chi connectivity index (χ0v) is 12.0. The first-order chi connectivity index (χ1) is 9.28. The van der Waals surface area contributed by atoms with Crippen LogP contribution in [0.1, 0.15) is 20.8 Å². The number of carbonyl (C=O) groups is 1. The molecule has 1 aromatic carbocycles. The van der Waals surface area contributed by atoms with E-state index in [4.69, 9.17) is 15.2 Å². The lowest BCUT2D eigenvalue weighted by Gasteiger charge is -2.19. The first-order valence-corrected chi connectivity index (χ1v) is 6.34. The SMILES string of the molecule is CC(C)(C)OCCOCC(=O)Nc1cc(F)ccc1N. The molecule has 5 nitrogen and oxygen atoms in total. The van der Waals surface area contributed by atoms with Gasteiger partial charge in [0.2, 0.25) is 5.91 Å². The number of nitrogens with two attached hydrogens (primary N) is 1. The summed E-state index contributed by atoms with van der Waals surface area (Å²) in [6.45, 7) is 6.39. The summed E-state index contributed by atoms with van der Waals surface area (Å²) >= 11 is 0. The van der Waals surface area contributed by atoms with Crippen LogP contribution in [-0.4, -0.2) is 31.3 Å². The predicted octanol–water partition coefficient (Wildman–Crippen LogP) is 2.18. The summed E-state index contributed by atoms with van der Waals surface area (Å²) in [5.41, 5.74) is 5.93. The Morgan fingerprint density at radius 3 is 2.70 bits per heavy atom. The van der Waals surface area contributed by atoms with E-state index in [0.29, 0.717) is 18.9 Å². The average molecular weight is 284 g/mol. The first-order valence-electron chi connectivity index (χ1n) is 6.34. The molecule has 0 spiro atoms. The van der Waals surface area contributed by atoms with Crippen molar-refractivity contribution in [3.05, 3.63) is 24.0 Å². The van der Waals surface area contributed by atoms with Crippen molar-refractivity contribution in [2.24, 2.45) is 0 Å². The predicted molar refractivity (Wildman–Crippen MR) is 76.0 cm³/mol. The number of nitrogens with one attached hydrogen (secondary N) is 1. The Labute approximate surface area is 118 Å². The normalized spacial score (nSPS) is 11.4. The molecule has 0 fully saturated rings. The minimum atomic E-state index is -0.464. The molecule has 20 heavy (non-hydrogen) atoms. The Morgan fingerprint density at radius 2 is 2.05 bits per heavy atom. The fraction of sp³-hybridized carbons (Fsp3) is 0.500. The molecule has 0 saturated heterocycles. The van der Waals surface area contributed by atoms with Gasteiger partial charge in [0.1, 0.15) is 12.4 Å². The molecule has 0 aliphatic heterocycles. The van der Waals surface area contributed by atoms with Gasteiger partial charge in [0.15, 0.2) is 0 Å². The highest BCUT2D eigenvalue weighted by Gasteiger charge is 2.10. The van der Waals surface area contributed by atoms with Crippen molar-refractivity contribution in [3.8, 4) is 0 Å². The van der Waals surface area contributed by atoms with Gasteiger partial charge < -0.3 is 20.5 Å². The van der Waals surface area contributed by atoms with E-state index in [2.05, 4.69) is 5.32 Å². The lowest BCUT2D eigenvalue weighted by Crippen LogP contribution is -2.24. The third kappa shape index (κ3) is 6.49. The van der Waals surface area contributed by atoms with Crippen LogP contribution in [0.15, 0.2) is 18.2 Å². The summed E-state index contributed by atoms with van der Waals surface area (Å²) in [5.74, 6) is -0.855. The van der Waals surface area contributed by atoms with E-state index in [9.17, 15) is 9.18 Å². The zero-order chi connectivity index (χ0) is 15.2. The highest BCUT2D eigenvalue weighted by Crippen LogP contribution is 2.18. The standard InChI is InChI=1S/C14H21FN2O3/c1-14(2,3)20-7-6-19-9-13(18)17-12-8-10(15)4-5-11(12)16/h4-5,8H,6-7,9,16H2,1-3H3,(H,17,18). The van der Waals surface area contributed by atoms with E-state index in [0.717, 1.165) is 6.07 Å². The number of benzene rings is 1. The third-order valence-corrected chi connectivity index (χ3v) is 2.29. The van der Waals surface area contributed by atoms with Gasteiger partial charge in [-0.25, -0.2) is 4.39 Å². The van der Waals surface area contributed by atoms with E-state index in [1.165, 1.54) is 12.1 Å². The number of hydrogen-bond acceptors (Lipinski definition) is 4. The van der Waals surface area contributed by atoms with Gasteiger partial charge in [0.25, 0.3) is 0 Å². The van der Waals surface area contributed by atoms with Gasteiger partial charge in [-0.2, -0.15) is 0 Å². The number of halogens is 1. The Morgan fingerprint density at radius 1 is 1.35 bits per heavy atom. The molecule has 0 aliphatic rings. The van der Waals surface area contributed by atoms with Gasteiger partial charge >= 0.3 is 0 Å². The number of hydrogen-bond donors (Lipinski definition) is 2. The minimum Gasteiger partial charge on any atom is -0.397 e. The molecule has 1 aromatic rings. The van der Waals surface area contributed by atoms with Crippen molar-refractivity contribution in [2.75, 3.05) is 30.9 Å². The van der Waals surface area contributed by atoms with E-state index in [1.807, 2.05) is 20.8 Å². The fourth-order valence-electron chi connectivity index (χ4n) is 1.39. The zero-order valence-electron chi connectivity index (χ0n) is 12.0. The topological polar surface area (TPSA) is 73.6 Å². The first kappa shape index (κ1) is 16.4. The molecular formula is C14H21FN2O3. The number of ether oxygens (including phenoxy) is 2. The summed E-state index contributed by atoms with van der Waals surface area (Å²) in [7, 11) is 0. The van der Waals surface area contributed by atoms with Crippen molar-refractivity contribution < 1.29 is 18.7 Å². The monoisotopic (exact) mass is 284 g/mol. The molecule has 0 bridgehead atoms. The average Bonchev–Trinajstić information content (AvgIpc) is 2.32. The second-order valence-corrected chi connectivity index (χ2v) is 5.29. The van der Waals surface area contributed by atoms with Crippen LogP contribution in [0.2, 0.25) is 0 Å². The molecule has 0 heterocycles. The van der Waals surface area contributed by atoms with Crippen molar-refractivity contribution in [2.45, 2.75) is 26.4 Å². The quantitative estimate of drug-likeness (QED) is 0.620. The van der Waals surface area contributed by atoms with Crippen LogP contribution in [0.5, 0.6) is 0 Å². The van der Waals surface area contributed by atoms with Crippen LogP contribution in [0.3, 0.4) is 0 Å². The molecule has 112 valence electrons. The number of anilines is 2. The molecule has 3 N–H and O–H groups in total. The van der Waals surface area contributed by atoms with Crippen molar-refractivity contribution in [3.63, 3.8) is 0 Å². The summed E-state index contributed by atoms with van der Waals surface area (Å²) in [6.07, 6.45) is 0. The Hall–Kier alpha value is -1.66. The van der Waals surface area contributed by atoms with Crippen LogP contribution >= 0.6 is 0 Å². The third-order valence-electron chi connectivity index (χ3n) is 2.29. The molecule has 0 atom stereocenters. The number of amides is 1. The van der Waals surface area contributed by atoms with Crippen LogP contribution in [0.4, 0.5) is 15.8 Å². The van der Waals surface area contributed by atoms with Gasteiger partial charge in [-0.3, -0.25) is 4.79 Å². The fourth-order valence-corrected chi connectivity index (χ4v) is 1.39. The van der Waals surface area contributed by atoms with Crippen LogP contribution in [-0.2, 0) is 14.3 Å². The molecule has 6 heteroatoms. The summed E-state index contributed by atoms with van der Waals surface area (Å²) in [6, 6.07) is 3.78. The smallest absolute Gasteiger partial charge is 0.250 e. The molecule has 0 aromatic heterocycles. The number of rotatable bonds is 6. The molecule has 1 rings (SSSR count). The maximum absolute atomic E-state index is 13.0. The second-order valence-electron chi connectivity index (χ2n) is 5.29. The van der Waals surface area contributed by atoms with Gasteiger partial charge in [-0.1, -0.05) is 0 Å². The summed E-state index contributed by atoms with van der Waals surface area (Å²) < 4.78 is 23.6. The van der Waals surface area contributed by atoms with E-state index in [-0.39, 0.29) is 17.9 Å². The molecule has 0 radical (unpaired) electrons. The van der Waals surface area contributed by atoms with Gasteiger partial charge in [0, 0.05) is 0 Å². The van der Waals surface area contributed by atoms with Crippen LogP contribution in [0, 0.1) is 5.82 Å². The Balaban J connectivity index is 2.29. The van der Waals surface area contributed by atoms with Crippen LogP contribution < -0.4 is 11.1 Å². The minimum absolute atomic E-state index is 0.135. The van der Waals surface area contributed by atoms with Crippen molar-refractivity contribution in [1.82, 2.24) is 0 Å². The highest BCUT2D eigenvalue weighted by molar-refractivity contribution is 5.94. The van der Waals surface area contributed by atoms with Crippen molar-refractivity contribution >= 4 is 17.3 Å². The Kier molecular flexibility index (Phi) is 5.91. The van der Waals surface area contributed by atoms with E-state index >= 15 is 0 Å². The molecule has 0 saturated carbocycles. The lowest BCUT2D eigenvalue weighted by atomic mass is 10.2. The van der Waals surface area contributed by atoms with Crippen molar-refractivity contribution in [1.29, 1.82) is 0 Å². The highest BCUT2D eigenvalue weighted by atomic mass is 19.1.